The maximum Gasteiger partial charge on any atom is 0.406 e. The summed E-state index contributed by atoms with van der Waals surface area (Å²) in [6.07, 6.45) is 1.07. The Bertz CT molecular complexity index is 191. The number of ether oxygens (including phenoxy) is 2. The maximum absolute atomic E-state index is 10.5. The molecule has 0 aromatic rings. The summed E-state index contributed by atoms with van der Waals surface area (Å²) in [5, 5.41) is 2.29. The van der Waals surface area contributed by atoms with Crippen LogP contribution in [0.25, 0.3) is 0 Å². The van der Waals surface area contributed by atoms with Crippen LogP contribution in [0.4, 0.5) is 4.79 Å². The molecule has 0 aliphatic rings. The molecule has 0 aliphatic heterocycles. The summed E-state index contributed by atoms with van der Waals surface area (Å²) in [5.74, 6) is -0.472. The van der Waals surface area contributed by atoms with Crippen molar-refractivity contribution in [3.8, 4) is 0 Å². The normalized spacial score (nSPS) is 8.69. The van der Waals surface area contributed by atoms with Gasteiger partial charge < -0.3 is 14.8 Å². The van der Waals surface area contributed by atoms with Gasteiger partial charge in [0, 0.05) is 19.5 Å². The van der Waals surface area contributed by atoms with Crippen LogP contribution in [0.15, 0.2) is 12.7 Å². The van der Waals surface area contributed by atoms with Gasteiger partial charge in [-0.25, -0.2) is 9.59 Å². The van der Waals surface area contributed by atoms with Gasteiger partial charge >= 0.3 is 12.1 Å². The summed E-state index contributed by atoms with van der Waals surface area (Å²) in [4.78, 5) is 21.0. The highest BCUT2D eigenvalue weighted by Crippen LogP contribution is 1.87. The molecule has 5 nitrogen and oxygen atoms in total. The lowest BCUT2D eigenvalue weighted by Crippen LogP contribution is -2.20. The first-order valence-electron chi connectivity index (χ1n) is 3.84. The molecule has 0 aromatic heterocycles. The van der Waals surface area contributed by atoms with Gasteiger partial charge in [-0.3, -0.25) is 0 Å². The van der Waals surface area contributed by atoms with Crippen LogP contribution >= 0.6 is 0 Å². The van der Waals surface area contributed by atoms with E-state index in [1.165, 1.54) is 7.05 Å². The van der Waals surface area contributed by atoms with Crippen LogP contribution in [0.1, 0.15) is 6.42 Å². The SMILES string of the molecule is C=CC(=O)OCCCOC(=O)NC. The summed E-state index contributed by atoms with van der Waals surface area (Å²) in [5.41, 5.74) is 0. The zero-order chi connectivity index (χ0) is 10.1. The summed E-state index contributed by atoms with van der Waals surface area (Å²) in [6, 6.07) is 0. The molecule has 1 N–H and O–H groups in total. The maximum atomic E-state index is 10.5. The number of esters is 1. The Kier molecular flexibility index (Phi) is 6.31. The van der Waals surface area contributed by atoms with Gasteiger partial charge in [-0.1, -0.05) is 6.58 Å². The Morgan fingerprint density at radius 1 is 1.38 bits per heavy atom. The van der Waals surface area contributed by atoms with Crippen LogP contribution in [0.2, 0.25) is 0 Å². The van der Waals surface area contributed by atoms with Crippen molar-refractivity contribution in [3.05, 3.63) is 12.7 Å². The molecule has 13 heavy (non-hydrogen) atoms. The van der Waals surface area contributed by atoms with Gasteiger partial charge in [0.15, 0.2) is 0 Å². The second kappa shape index (κ2) is 7.15. The van der Waals surface area contributed by atoms with Gasteiger partial charge in [0.2, 0.25) is 0 Å². The Morgan fingerprint density at radius 2 is 2.00 bits per heavy atom. The van der Waals surface area contributed by atoms with Crippen molar-refractivity contribution in [2.75, 3.05) is 20.3 Å². The molecule has 0 unspecified atom stereocenters. The Hall–Kier alpha value is -1.52. The lowest BCUT2D eigenvalue weighted by molar-refractivity contribution is -0.137. The van der Waals surface area contributed by atoms with E-state index in [4.69, 9.17) is 0 Å². The fraction of sp³-hybridized carbons (Fsp3) is 0.500. The largest absolute Gasteiger partial charge is 0.462 e. The summed E-state index contributed by atoms with van der Waals surface area (Å²) >= 11 is 0. The molecule has 1 amide bonds. The molecule has 0 radical (unpaired) electrons. The molecule has 0 rings (SSSR count). The second-order valence-corrected chi connectivity index (χ2v) is 2.11. The standard InChI is InChI=1S/C8H13NO4/c1-3-7(10)12-5-4-6-13-8(11)9-2/h3H,1,4-6H2,2H3,(H,9,11). The number of amides is 1. The first kappa shape index (κ1) is 11.5. The predicted octanol–water partition coefficient (Wildman–Crippen LogP) is 0.462. The molecular formula is C8H13NO4. The van der Waals surface area contributed by atoms with Crippen molar-refractivity contribution in [1.82, 2.24) is 5.32 Å². The highest BCUT2D eigenvalue weighted by Gasteiger charge is 1.98. The summed E-state index contributed by atoms with van der Waals surface area (Å²) in [7, 11) is 1.47. The van der Waals surface area contributed by atoms with E-state index in [-0.39, 0.29) is 13.2 Å². The number of carbonyl (C=O) groups is 2. The van der Waals surface area contributed by atoms with Crippen LogP contribution in [0.5, 0.6) is 0 Å². The highest BCUT2D eigenvalue weighted by molar-refractivity contribution is 5.81. The molecule has 0 aliphatic carbocycles. The number of rotatable bonds is 5. The third kappa shape index (κ3) is 6.86. The summed E-state index contributed by atoms with van der Waals surface area (Å²) in [6.45, 7) is 3.68. The van der Waals surface area contributed by atoms with Gasteiger partial charge in [-0.05, 0) is 0 Å². The average molecular weight is 187 g/mol. The van der Waals surface area contributed by atoms with Crippen molar-refractivity contribution in [1.29, 1.82) is 0 Å². The first-order chi connectivity index (χ1) is 6.20. The summed E-state index contributed by atoms with van der Waals surface area (Å²) < 4.78 is 9.28. The van der Waals surface area contributed by atoms with E-state index in [0.29, 0.717) is 6.42 Å². The molecule has 0 saturated carbocycles. The Morgan fingerprint density at radius 3 is 2.54 bits per heavy atom. The smallest absolute Gasteiger partial charge is 0.406 e. The van der Waals surface area contributed by atoms with E-state index in [9.17, 15) is 9.59 Å². The molecular weight excluding hydrogens is 174 g/mol. The quantitative estimate of drug-likeness (QED) is 0.386. The van der Waals surface area contributed by atoms with Crippen molar-refractivity contribution in [2.45, 2.75) is 6.42 Å². The third-order valence-electron chi connectivity index (χ3n) is 1.14. The molecule has 0 aromatic carbocycles. The molecule has 0 atom stereocenters. The van der Waals surface area contributed by atoms with Gasteiger partial charge in [0.1, 0.15) is 0 Å². The Labute approximate surface area is 76.7 Å². The number of hydrogen-bond donors (Lipinski definition) is 1. The average Bonchev–Trinajstić information content (AvgIpc) is 2.16. The van der Waals surface area contributed by atoms with Gasteiger partial charge in [0.05, 0.1) is 13.2 Å². The van der Waals surface area contributed by atoms with E-state index in [1.54, 1.807) is 0 Å². The van der Waals surface area contributed by atoms with Crippen molar-refractivity contribution < 1.29 is 19.1 Å². The van der Waals surface area contributed by atoms with Gasteiger partial charge in [-0.2, -0.15) is 0 Å². The van der Waals surface area contributed by atoms with Crippen LogP contribution < -0.4 is 5.32 Å². The molecule has 5 heteroatoms. The molecule has 0 bridgehead atoms. The van der Waals surface area contributed by atoms with E-state index in [0.717, 1.165) is 6.08 Å². The molecule has 74 valence electrons. The van der Waals surface area contributed by atoms with E-state index in [2.05, 4.69) is 21.4 Å². The minimum absolute atomic E-state index is 0.224. The topological polar surface area (TPSA) is 64.6 Å². The minimum Gasteiger partial charge on any atom is -0.462 e. The monoisotopic (exact) mass is 187 g/mol. The fourth-order valence-electron chi connectivity index (χ4n) is 0.528. The molecule has 0 spiro atoms. The van der Waals surface area contributed by atoms with Crippen molar-refractivity contribution in [3.63, 3.8) is 0 Å². The lowest BCUT2D eigenvalue weighted by Gasteiger charge is -2.03. The predicted molar refractivity (Wildman–Crippen MR) is 46.2 cm³/mol. The highest BCUT2D eigenvalue weighted by atomic mass is 16.6. The van der Waals surface area contributed by atoms with Gasteiger partial charge in [-0.15, -0.1) is 0 Å². The number of nitrogens with one attached hydrogen (secondary N) is 1. The fourth-order valence-corrected chi connectivity index (χ4v) is 0.528. The van der Waals surface area contributed by atoms with Crippen molar-refractivity contribution >= 4 is 12.1 Å². The number of alkyl carbamates (subject to hydrolysis) is 1. The van der Waals surface area contributed by atoms with Crippen LogP contribution in [-0.4, -0.2) is 32.3 Å². The van der Waals surface area contributed by atoms with E-state index < -0.39 is 12.1 Å². The molecule has 0 saturated heterocycles. The van der Waals surface area contributed by atoms with Gasteiger partial charge in [0.25, 0.3) is 0 Å². The lowest BCUT2D eigenvalue weighted by atomic mass is 10.5. The van der Waals surface area contributed by atoms with E-state index >= 15 is 0 Å². The number of hydrogen-bond acceptors (Lipinski definition) is 4. The second-order valence-electron chi connectivity index (χ2n) is 2.11. The van der Waals surface area contributed by atoms with Crippen molar-refractivity contribution in [2.24, 2.45) is 0 Å². The first-order valence-corrected chi connectivity index (χ1v) is 3.84. The van der Waals surface area contributed by atoms with E-state index in [1.807, 2.05) is 0 Å². The molecule has 0 heterocycles. The van der Waals surface area contributed by atoms with Crippen LogP contribution in [0, 0.1) is 0 Å². The number of carbonyl (C=O) groups excluding carboxylic acids is 2. The van der Waals surface area contributed by atoms with Crippen LogP contribution in [0.3, 0.4) is 0 Å². The zero-order valence-corrected chi connectivity index (χ0v) is 7.54. The van der Waals surface area contributed by atoms with Crippen LogP contribution in [-0.2, 0) is 14.3 Å². The molecule has 0 fully saturated rings. The zero-order valence-electron chi connectivity index (χ0n) is 7.54. The Balaban J connectivity index is 3.21. The third-order valence-corrected chi connectivity index (χ3v) is 1.14. The minimum atomic E-state index is -0.491.